The third-order valence-electron chi connectivity index (χ3n) is 3.85. The number of hydrogen-bond acceptors (Lipinski definition) is 5. The molecule has 1 aliphatic rings. The monoisotopic (exact) mass is 269 g/mol. The van der Waals surface area contributed by atoms with Gasteiger partial charge in [-0.2, -0.15) is 0 Å². The fourth-order valence-corrected chi connectivity index (χ4v) is 2.82. The summed E-state index contributed by atoms with van der Waals surface area (Å²) in [5.41, 5.74) is 8.46. The molecule has 3 rings (SSSR count). The SMILES string of the molecule is Cc1nc(-c2cnc(N)nc2)cc(C2CCCCC2)n1. The Morgan fingerprint density at radius 3 is 2.45 bits per heavy atom. The summed E-state index contributed by atoms with van der Waals surface area (Å²) in [6.07, 6.45) is 9.84. The average molecular weight is 269 g/mol. The first-order chi connectivity index (χ1) is 9.72. The summed E-state index contributed by atoms with van der Waals surface area (Å²) in [5.74, 6) is 1.66. The quantitative estimate of drug-likeness (QED) is 0.907. The highest BCUT2D eigenvalue weighted by Crippen LogP contribution is 2.32. The molecule has 0 radical (unpaired) electrons. The van der Waals surface area contributed by atoms with E-state index >= 15 is 0 Å². The standard InChI is InChI=1S/C15H19N5/c1-10-19-13(11-5-3-2-4-6-11)7-14(20-10)12-8-17-15(16)18-9-12/h7-9,11H,2-6H2,1H3,(H2,16,17,18). The van der Waals surface area contributed by atoms with E-state index in [1.165, 1.54) is 32.1 Å². The molecule has 1 fully saturated rings. The molecule has 2 heterocycles. The second kappa shape index (κ2) is 5.53. The molecule has 0 unspecified atom stereocenters. The van der Waals surface area contributed by atoms with Gasteiger partial charge in [-0.1, -0.05) is 19.3 Å². The summed E-state index contributed by atoms with van der Waals surface area (Å²) in [7, 11) is 0. The van der Waals surface area contributed by atoms with E-state index in [0.717, 1.165) is 22.8 Å². The first-order valence-electron chi connectivity index (χ1n) is 7.16. The number of anilines is 1. The number of nitrogen functional groups attached to an aromatic ring is 1. The largest absolute Gasteiger partial charge is 0.368 e. The number of nitrogens with zero attached hydrogens (tertiary/aromatic N) is 4. The van der Waals surface area contributed by atoms with E-state index < -0.39 is 0 Å². The van der Waals surface area contributed by atoms with Gasteiger partial charge in [0.25, 0.3) is 0 Å². The number of hydrogen-bond donors (Lipinski definition) is 1. The van der Waals surface area contributed by atoms with Crippen LogP contribution in [0.1, 0.15) is 49.5 Å². The Morgan fingerprint density at radius 1 is 1.05 bits per heavy atom. The second-order valence-corrected chi connectivity index (χ2v) is 5.39. The van der Waals surface area contributed by atoms with Crippen molar-refractivity contribution < 1.29 is 0 Å². The van der Waals surface area contributed by atoms with Crippen LogP contribution in [0.5, 0.6) is 0 Å². The molecular weight excluding hydrogens is 250 g/mol. The van der Waals surface area contributed by atoms with Crippen molar-refractivity contribution in [3.63, 3.8) is 0 Å². The first-order valence-corrected chi connectivity index (χ1v) is 7.16. The van der Waals surface area contributed by atoms with Gasteiger partial charge >= 0.3 is 0 Å². The van der Waals surface area contributed by atoms with E-state index in [1.807, 2.05) is 6.92 Å². The molecule has 0 aromatic carbocycles. The zero-order valence-corrected chi connectivity index (χ0v) is 11.7. The molecule has 2 aromatic rings. The first kappa shape index (κ1) is 13.0. The number of aromatic nitrogens is 4. The van der Waals surface area contributed by atoms with Crippen LogP contribution >= 0.6 is 0 Å². The van der Waals surface area contributed by atoms with Crippen LogP contribution in [0.15, 0.2) is 18.5 Å². The predicted molar refractivity (Wildman–Crippen MR) is 78.0 cm³/mol. The zero-order chi connectivity index (χ0) is 13.9. The van der Waals surface area contributed by atoms with E-state index in [-0.39, 0.29) is 5.95 Å². The van der Waals surface area contributed by atoms with Crippen molar-refractivity contribution in [1.82, 2.24) is 19.9 Å². The molecule has 1 saturated carbocycles. The van der Waals surface area contributed by atoms with Crippen LogP contribution in [0.2, 0.25) is 0 Å². The maximum absolute atomic E-state index is 5.53. The number of rotatable bonds is 2. The van der Waals surface area contributed by atoms with Gasteiger partial charge in [0, 0.05) is 29.6 Å². The zero-order valence-electron chi connectivity index (χ0n) is 11.7. The maximum Gasteiger partial charge on any atom is 0.219 e. The summed E-state index contributed by atoms with van der Waals surface area (Å²) in [4.78, 5) is 17.2. The van der Waals surface area contributed by atoms with Crippen molar-refractivity contribution in [2.24, 2.45) is 0 Å². The molecule has 20 heavy (non-hydrogen) atoms. The lowest BCUT2D eigenvalue weighted by Gasteiger charge is -2.21. The summed E-state index contributed by atoms with van der Waals surface area (Å²) in [5, 5.41) is 0. The minimum absolute atomic E-state index is 0.284. The Morgan fingerprint density at radius 2 is 1.75 bits per heavy atom. The predicted octanol–water partition coefficient (Wildman–Crippen LogP) is 2.87. The summed E-state index contributed by atoms with van der Waals surface area (Å²) in [6, 6.07) is 2.08. The third-order valence-corrected chi connectivity index (χ3v) is 3.85. The lowest BCUT2D eigenvalue weighted by atomic mass is 9.86. The number of nitrogens with two attached hydrogens (primary N) is 1. The summed E-state index contributed by atoms with van der Waals surface area (Å²) in [6.45, 7) is 1.94. The van der Waals surface area contributed by atoms with Gasteiger partial charge < -0.3 is 5.73 Å². The summed E-state index contributed by atoms with van der Waals surface area (Å²) < 4.78 is 0. The topological polar surface area (TPSA) is 77.6 Å². The van der Waals surface area contributed by atoms with Crippen molar-refractivity contribution in [1.29, 1.82) is 0 Å². The molecule has 0 atom stereocenters. The van der Waals surface area contributed by atoms with E-state index in [2.05, 4.69) is 26.0 Å². The van der Waals surface area contributed by atoms with Crippen molar-refractivity contribution in [3.05, 3.63) is 30.0 Å². The van der Waals surface area contributed by atoms with Crippen molar-refractivity contribution in [3.8, 4) is 11.3 Å². The lowest BCUT2D eigenvalue weighted by molar-refractivity contribution is 0.436. The van der Waals surface area contributed by atoms with Crippen molar-refractivity contribution >= 4 is 5.95 Å². The fourth-order valence-electron chi connectivity index (χ4n) is 2.82. The Bertz CT molecular complexity index is 588. The smallest absolute Gasteiger partial charge is 0.219 e. The Hall–Kier alpha value is -2.04. The van der Waals surface area contributed by atoms with Gasteiger partial charge in [0.15, 0.2) is 0 Å². The molecule has 5 heteroatoms. The van der Waals surface area contributed by atoms with Gasteiger partial charge in [-0.25, -0.2) is 19.9 Å². The van der Waals surface area contributed by atoms with Crippen molar-refractivity contribution in [2.45, 2.75) is 44.9 Å². The van der Waals surface area contributed by atoms with Crippen LogP contribution in [-0.2, 0) is 0 Å². The molecule has 0 saturated heterocycles. The summed E-state index contributed by atoms with van der Waals surface area (Å²) >= 11 is 0. The van der Waals surface area contributed by atoms with E-state index in [0.29, 0.717) is 5.92 Å². The molecule has 0 spiro atoms. The Balaban J connectivity index is 1.95. The minimum Gasteiger partial charge on any atom is -0.368 e. The normalized spacial score (nSPS) is 16.2. The van der Waals surface area contributed by atoms with Crippen LogP contribution < -0.4 is 5.73 Å². The van der Waals surface area contributed by atoms with Crippen molar-refractivity contribution in [2.75, 3.05) is 5.73 Å². The Labute approximate surface area is 118 Å². The highest BCUT2D eigenvalue weighted by Gasteiger charge is 2.18. The number of aryl methyl sites for hydroxylation is 1. The molecule has 2 N–H and O–H groups in total. The van der Waals surface area contributed by atoms with Crippen LogP contribution in [0, 0.1) is 6.92 Å². The third kappa shape index (κ3) is 2.76. The Kier molecular flexibility index (Phi) is 3.58. The van der Waals surface area contributed by atoms with Gasteiger partial charge in [0.2, 0.25) is 5.95 Å². The molecule has 0 bridgehead atoms. The van der Waals surface area contributed by atoms with Gasteiger partial charge in [0.1, 0.15) is 5.82 Å². The highest BCUT2D eigenvalue weighted by molar-refractivity contribution is 5.57. The molecule has 2 aromatic heterocycles. The molecule has 1 aliphatic carbocycles. The fraction of sp³-hybridized carbons (Fsp3) is 0.467. The second-order valence-electron chi connectivity index (χ2n) is 5.39. The maximum atomic E-state index is 5.53. The van der Waals surface area contributed by atoms with Gasteiger partial charge in [-0.3, -0.25) is 0 Å². The highest BCUT2D eigenvalue weighted by atomic mass is 15.0. The van der Waals surface area contributed by atoms with Gasteiger partial charge in [-0.05, 0) is 25.8 Å². The minimum atomic E-state index is 0.284. The molecule has 5 nitrogen and oxygen atoms in total. The van der Waals surface area contributed by atoms with Gasteiger partial charge in [0.05, 0.1) is 5.69 Å². The molecule has 0 aliphatic heterocycles. The van der Waals surface area contributed by atoms with E-state index in [1.54, 1.807) is 12.4 Å². The van der Waals surface area contributed by atoms with Crippen LogP contribution in [-0.4, -0.2) is 19.9 Å². The molecular formula is C15H19N5. The van der Waals surface area contributed by atoms with Crippen LogP contribution in [0.4, 0.5) is 5.95 Å². The molecule has 0 amide bonds. The van der Waals surface area contributed by atoms with Crippen LogP contribution in [0.25, 0.3) is 11.3 Å². The van der Waals surface area contributed by atoms with E-state index in [4.69, 9.17) is 5.73 Å². The van der Waals surface area contributed by atoms with E-state index in [9.17, 15) is 0 Å². The average Bonchev–Trinajstić information content (AvgIpc) is 2.48. The molecule has 104 valence electrons. The van der Waals surface area contributed by atoms with Gasteiger partial charge in [-0.15, -0.1) is 0 Å². The lowest BCUT2D eigenvalue weighted by Crippen LogP contribution is -2.08. The van der Waals surface area contributed by atoms with Crippen LogP contribution in [0.3, 0.4) is 0 Å².